The Kier molecular flexibility index (Phi) is 33.6. The number of fused-ring (bicyclic) bond motifs is 20. The van der Waals surface area contributed by atoms with Crippen LogP contribution in [0.25, 0.3) is 0 Å². The van der Waals surface area contributed by atoms with E-state index in [1.807, 2.05) is 76.2 Å². The Morgan fingerprint density at radius 1 is 0.300 bits per heavy atom. The van der Waals surface area contributed by atoms with Crippen LogP contribution in [0.1, 0.15) is 508 Å². The maximum atomic E-state index is 12.6. The highest BCUT2D eigenvalue weighted by Crippen LogP contribution is 2.75. The number of hydrogen-bond donors (Lipinski definition) is 0. The molecule has 24 rings (SSSR count). The van der Waals surface area contributed by atoms with Crippen molar-refractivity contribution in [3.8, 4) is 0 Å². The molecule has 29 unspecified atom stereocenters. The van der Waals surface area contributed by atoms with Crippen molar-refractivity contribution >= 4 is 41.8 Å². The highest BCUT2D eigenvalue weighted by molar-refractivity contribution is 5.78. The molecule has 20 bridgehead atoms. The van der Waals surface area contributed by atoms with Crippen LogP contribution in [-0.4, -0.2) is 81.0 Å². The summed E-state index contributed by atoms with van der Waals surface area (Å²) in [5.74, 6) is 22.4. The predicted octanol–water partition coefficient (Wildman–Crippen LogP) is 32.0. The van der Waals surface area contributed by atoms with E-state index in [0.717, 1.165) is 226 Å². The third kappa shape index (κ3) is 22.0. The van der Waals surface area contributed by atoms with Gasteiger partial charge >= 0.3 is 41.8 Å². The topological polar surface area (TPSA) is 184 Å². The number of rotatable bonds is 27. The van der Waals surface area contributed by atoms with Crippen LogP contribution in [0.15, 0.2) is 0 Å². The zero-order valence-electron chi connectivity index (χ0n) is 94.8. The predicted molar refractivity (Wildman–Crippen MR) is 562 cm³/mol. The Morgan fingerprint density at radius 3 is 1.01 bits per heavy atom. The van der Waals surface area contributed by atoms with E-state index in [2.05, 4.69) is 111 Å². The average Bonchev–Trinajstić information content (AvgIpc) is 1.47. The highest BCUT2D eigenvalue weighted by atomic mass is 16.6. The van der Waals surface area contributed by atoms with E-state index in [1.165, 1.54) is 231 Å². The maximum absolute atomic E-state index is 12.6. The molecule has 14 nitrogen and oxygen atoms in total. The summed E-state index contributed by atoms with van der Waals surface area (Å²) in [6, 6.07) is 0. The van der Waals surface area contributed by atoms with Gasteiger partial charge in [0.15, 0.2) is 0 Å². The molecule has 14 heteroatoms. The molecule has 0 aromatic carbocycles. The second-order valence-electron chi connectivity index (χ2n) is 58.0. The monoisotopic (exact) mass is 1950 g/mol. The lowest BCUT2D eigenvalue weighted by Gasteiger charge is -2.62. The van der Waals surface area contributed by atoms with Crippen LogP contribution >= 0.6 is 0 Å². The Morgan fingerprint density at radius 2 is 0.629 bits per heavy atom. The van der Waals surface area contributed by atoms with Gasteiger partial charge in [0.05, 0.1) is 39.9 Å². The van der Waals surface area contributed by atoms with E-state index in [1.54, 1.807) is 0 Å². The van der Waals surface area contributed by atoms with Gasteiger partial charge in [-0.15, -0.1) is 0 Å². The maximum Gasteiger partial charge on any atom is 0.312 e. The van der Waals surface area contributed by atoms with Crippen molar-refractivity contribution < 1.29 is 66.7 Å². The summed E-state index contributed by atoms with van der Waals surface area (Å²) in [7, 11) is 0. The molecule has 24 saturated carbocycles. The quantitative estimate of drug-likeness (QED) is 0.0430. The fourth-order valence-electron chi connectivity index (χ4n) is 37.3. The van der Waals surface area contributed by atoms with Gasteiger partial charge in [0.1, 0.15) is 39.2 Å². The molecule has 0 N–H and O–H groups in total. The Balaban J connectivity index is 0.000000124. The first-order valence-electron chi connectivity index (χ1n) is 60.4. The van der Waals surface area contributed by atoms with Crippen molar-refractivity contribution in [1.82, 2.24) is 0 Å². The van der Waals surface area contributed by atoms with Crippen LogP contribution in [0.2, 0.25) is 0 Å². The van der Waals surface area contributed by atoms with Gasteiger partial charge in [-0.1, -0.05) is 141 Å². The van der Waals surface area contributed by atoms with E-state index in [9.17, 15) is 33.6 Å². The molecule has 0 heterocycles. The lowest BCUT2D eigenvalue weighted by molar-refractivity contribution is -0.209. The summed E-state index contributed by atoms with van der Waals surface area (Å²) in [5.41, 5.74) is -1.69. The second kappa shape index (κ2) is 42.6. The van der Waals surface area contributed by atoms with Crippen molar-refractivity contribution in [3.05, 3.63) is 0 Å². The molecule has 0 spiro atoms. The molecular weight excluding hydrogens is 1740 g/mol. The van der Waals surface area contributed by atoms with Gasteiger partial charge in [-0.05, 0) is 503 Å². The van der Waals surface area contributed by atoms with Crippen LogP contribution in [0, 0.1) is 204 Å². The van der Waals surface area contributed by atoms with Gasteiger partial charge in [-0.25, -0.2) is 0 Å². The van der Waals surface area contributed by atoms with Crippen LogP contribution in [0.4, 0.5) is 0 Å². The van der Waals surface area contributed by atoms with Crippen LogP contribution in [0.3, 0.4) is 0 Å². The van der Waals surface area contributed by atoms with Crippen molar-refractivity contribution in [2.75, 3.05) is 0 Å². The summed E-state index contributed by atoms with van der Waals surface area (Å²) in [6.45, 7) is 56.5. The number of carbonyl (C=O) groups excluding carboxylic acids is 7. The third-order valence-corrected chi connectivity index (χ3v) is 47.0. The molecule has 24 aliphatic rings. The number of hydrogen-bond acceptors (Lipinski definition) is 14. The smallest absolute Gasteiger partial charge is 0.312 e. The van der Waals surface area contributed by atoms with Crippen LogP contribution in [-0.2, 0) is 66.7 Å². The Bertz CT molecular complexity index is 4190. The molecule has 798 valence electrons. The first-order valence-corrected chi connectivity index (χ1v) is 60.4. The Hall–Kier alpha value is -3.71. The highest BCUT2D eigenvalue weighted by Gasteiger charge is 2.72. The largest absolute Gasteiger partial charge is 0.459 e. The molecule has 0 amide bonds. The van der Waals surface area contributed by atoms with Crippen LogP contribution < -0.4 is 0 Å². The average molecular weight is 1950 g/mol. The summed E-state index contributed by atoms with van der Waals surface area (Å²) in [5, 5.41) is 0. The van der Waals surface area contributed by atoms with Crippen molar-refractivity contribution in [1.29, 1.82) is 0 Å². The minimum absolute atomic E-state index is 0.00750. The molecule has 0 radical (unpaired) electrons. The first kappa shape index (κ1) is 110. The zero-order chi connectivity index (χ0) is 102. The van der Waals surface area contributed by atoms with Crippen molar-refractivity contribution in [2.45, 2.75) is 547 Å². The Labute approximate surface area is 854 Å². The summed E-state index contributed by atoms with van der Waals surface area (Å²) in [6.07, 6.45) is 63.0. The van der Waals surface area contributed by atoms with E-state index in [-0.39, 0.29) is 132 Å². The lowest BCUT2D eigenvalue weighted by Crippen LogP contribution is -2.59. The van der Waals surface area contributed by atoms with Gasteiger partial charge in [0, 0.05) is 28.1 Å². The number of unbranched alkanes of at least 4 members (excludes halogenated alkanes) is 1. The molecule has 0 aromatic rings. The number of ether oxygens (including phenoxy) is 7. The number of esters is 7. The van der Waals surface area contributed by atoms with Gasteiger partial charge < -0.3 is 33.2 Å². The molecule has 140 heavy (non-hydrogen) atoms. The van der Waals surface area contributed by atoms with E-state index in [4.69, 9.17) is 33.2 Å². The summed E-state index contributed by atoms with van der Waals surface area (Å²) in [4.78, 5) is 86.4. The summed E-state index contributed by atoms with van der Waals surface area (Å²) >= 11 is 0. The second-order valence-corrected chi connectivity index (χ2v) is 58.0. The standard InChI is InChI=1S/C21H36O2.C19H30O2.C18H28O2.C18H30O2.C17H28O2.C17H30O2.C16H28O2/c1-5-7-8-20(4,23-19(22)15(3)6-2)21-12-16-9-17(13-21)11-18(10-16)14-21;1-5-18(2,3)17(20)21-19(4)10-13-9-14(19)16-12-7-6-11(8-12)15(13)16;1-4-10(2)17(19)20-18(3)9-13-8-14(18)16-12-6-5-11(7-12)15(13)16;1-6-16(2,3)15(19)20-17(4,5)18-10-12-7-13(11-18)9-14(18)8-12;1-5-11(2)15(18)19-16(3,4)17-9-12-6-13(10-17)8-14(17)7-12;1-5-16(2,3)15(18)19-17(4)11-10-13-8-6-7-9-14(13)12-17;1-4-12(2)15(17)18-16(3)10-9-13-7-5-6-8-14(13)11-16/h15-18H,5-14H2,1-4H3;11-16H,5-10H2,1-4H3;10-16H,4-9H2,1-3H3;12-14H,6-11H2,1-5H3;11-14H,5-10H2,1-4H3;13-14H,5-12H2,1-4H3;12-14H,4-11H2,1-3H3. The molecule has 24 aliphatic carbocycles. The minimum Gasteiger partial charge on any atom is -0.459 e. The zero-order valence-corrected chi connectivity index (χ0v) is 94.8. The molecule has 29 atom stereocenters. The fourth-order valence-corrected chi connectivity index (χ4v) is 37.3. The fraction of sp³-hybridized carbons (Fsp3) is 0.944. The minimum atomic E-state index is -0.358. The van der Waals surface area contributed by atoms with Gasteiger partial charge in [0.25, 0.3) is 0 Å². The first-order chi connectivity index (χ1) is 65.8. The molecule has 24 fully saturated rings. The lowest BCUT2D eigenvalue weighted by atomic mass is 9.45. The van der Waals surface area contributed by atoms with Crippen molar-refractivity contribution in [3.63, 3.8) is 0 Å². The van der Waals surface area contributed by atoms with Gasteiger partial charge in [0.2, 0.25) is 0 Å². The van der Waals surface area contributed by atoms with Gasteiger partial charge in [-0.3, -0.25) is 33.6 Å². The van der Waals surface area contributed by atoms with Crippen LogP contribution in [0.5, 0.6) is 0 Å². The van der Waals surface area contributed by atoms with Gasteiger partial charge in [-0.2, -0.15) is 0 Å². The third-order valence-electron chi connectivity index (χ3n) is 47.0. The van der Waals surface area contributed by atoms with Crippen molar-refractivity contribution in [2.24, 2.45) is 204 Å². The van der Waals surface area contributed by atoms with E-state index < -0.39 is 0 Å². The number of carbonyl (C=O) groups is 7. The molecular formula is C126H210O14. The summed E-state index contributed by atoms with van der Waals surface area (Å²) < 4.78 is 42.5. The molecule has 0 aromatic heterocycles. The van der Waals surface area contributed by atoms with E-state index >= 15 is 0 Å². The SMILES string of the molecule is CCC(C)(C)C(=O)OC(C)(C)C12CC3CC(CC1C3)C2.CCC(C)(C)C(=O)OC1(C)CC2CC1C1C3CCC(C3)C21.CCC(C)(C)C(=O)OC1(C)CCC2CCCCC2C1.CCC(C)C(=O)OC(C)(C)C12CC3CC(CC1C3)C2.CCC(C)C(=O)OC1(C)CC2CC1C1C3CCC(C3)C21.CCC(C)C(=O)OC1(C)CCC2CCCCC2C1.CCCCC(C)(OC(=O)C(C)CC)C12CC3CC(CC(C3)C1)C2. The van der Waals surface area contributed by atoms with E-state index in [0.29, 0.717) is 17.3 Å². The molecule has 0 saturated heterocycles. The molecule has 0 aliphatic heterocycles. The normalized spacial score (nSPS) is 42.5.